The first kappa shape index (κ1) is 36.0. The highest BCUT2D eigenvalue weighted by molar-refractivity contribution is 5.94. The van der Waals surface area contributed by atoms with Crippen LogP contribution < -0.4 is 11.1 Å². The number of primary amides is 1. The van der Waals surface area contributed by atoms with Crippen LogP contribution in [0.4, 0.5) is 39.5 Å². The number of amides is 2. The third kappa shape index (κ3) is 6.83. The molecule has 7 rings (SSSR count). The van der Waals surface area contributed by atoms with Crippen LogP contribution in [0.1, 0.15) is 81.9 Å². The lowest BCUT2D eigenvalue weighted by Crippen LogP contribution is -2.50. The maximum atomic E-state index is 15.2. The Labute approximate surface area is 294 Å². The molecule has 17 heteroatoms. The van der Waals surface area contributed by atoms with Crippen LogP contribution in [0.3, 0.4) is 0 Å². The highest BCUT2D eigenvalue weighted by atomic mass is 19.3. The van der Waals surface area contributed by atoms with Gasteiger partial charge >= 0.3 is 0 Å². The van der Waals surface area contributed by atoms with Crippen LogP contribution >= 0.6 is 0 Å². The van der Waals surface area contributed by atoms with E-state index >= 15 is 8.78 Å². The average molecular weight is 748 g/mol. The van der Waals surface area contributed by atoms with Gasteiger partial charge in [-0.1, -0.05) is 12.0 Å². The van der Waals surface area contributed by atoms with Gasteiger partial charge in [0, 0.05) is 23.1 Å². The quantitative estimate of drug-likeness (QED) is 0.139. The van der Waals surface area contributed by atoms with Crippen LogP contribution in [0.5, 0.6) is 0 Å². The fourth-order valence-corrected chi connectivity index (χ4v) is 7.14. The van der Waals surface area contributed by atoms with Crippen molar-refractivity contribution in [2.45, 2.75) is 68.1 Å². The Kier molecular flexibility index (Phi) is 8.59. The molecule has 0 bridgehead atoms. The van der Waals surface area contributed by atoms with E-state index in [9.17, 15) is 45.4 Å². The Morgan fingerprint density at radius 1 is 1.00 bits per heavy atom. The van der Waals surface area contributed by atoms with E-state index in [1.807, 2.05) is 0 Å². The largest absolute Gasteiger partial charge is 0.377 e. The normalized spacial score (nSPS) is 20.4. The van der Waals surface area contributed by atoms with Crippen LogP contribution in [-0.2, 0) is 23.7 Å². The van der Waals surface area contributed by atoms with Gasteiger partial charge in [0.2, 0.25) is 5.91 Å². The molecule has 53 heavy (non-hydrogen) atoms. The first-order chi connectivity index (χ1) is 24.8. The second-order valence-corrected chi connectivity index (χ2v) is 13.5. The van der Waals surface area contributed by atoms with Crippen molar-refractivity contribution in [3.8, 4) is 23.0 Å². The number of aliphatic hydroxyl groups is 1. The molecule has 0 radical (unpaired) electrons. The molecule has 0 aliphatic heterocycles. The van der Waals surface area contributed by atoms with Crippen molar-refractivity contribution in [3.63, 3.8) is 0 Å². The van der Waals surface area contributed by atoms with Crippen molar-refractivity contribution >= 4 is 11.8 Å². The van der Waals surface area contributed by atoms with E-state index in [0.717, 1.165) is 24.3 Å². The minimum Gasteiger partial charge on any atom is -0.377 e. The van der Waals surface area contributed by atoms with Gasteiger partial charge in [-0.2, -0.15) is 13.9 Å². The molecular formula is C36H26F9N5O3. The number of rotatable bonds is 9. The number of hydrogen-bond acceptors (Lipinski definition) is 5. The Morgan fingerprint density at radius 2 is 1.70 bits per heavy atom. The topological polar surface area (TPSA) is 123 Å². The van der Waals surface area contributed by atoms with Crippen LogP contribution in [0.25, 0.3) is 11.1 Å². The van der Waals surface area contributed by atoms with Gasteiger partial charge in [0.25, 0.3) is 24.2 Å². The number of halogens is 9. The number of hydrogen-bond donors (Lipinski definition) is 3. The summed E-state index contributed by atoms with van der Waals surface area (Å²) in [7, 11) is 0. The van der Waals surface area contributed by atoms with E-state index in [2.05, 4.69) is 27.2 Å². The van der Waals surface area contributed by atoms with Crippen molar-refractivity contribution in [2.24, 2.45) is 11.7 Å². The van der Waals surface area contributed by atoms with Crippen molar-refractivity contribution in [2.75, 3.05) is 0 Å². The van der Waals surface area contributed by atoms with Gasteiger partial charge in [-0.15, -0.1) is 0 Å². The molecule has 0 saturated heterocycles. The molecular weight excluding hydrogens is 721 g/mol. The van der Waals surface area contributed by atoms with Gasteiger partial charge in [-0.3, -0.25) is 14.3 Å². The fourth-order valence-electron chi connectivity index (χ4n) is 7.14. The fraction of sp³-hybridized carbons (Fsp3) is 0.333. The zero-order valence-corrected chi connectivity index (χ0v) is 27.0. The lowest BCUT2D eigenvalue weighted by molar-refractivity contribution is -0.176. The number of benzene rings is 2. The minimum absolute atomic E-state index is 0.0156. The standard InChI is InChI=1S/C36H26F9N5O3/c37-18-7-16(8-19(38)11-18)9-26(48-27(51)13-50-31-28(30(49-50)32(40)41)22-12-24(22)36(31,44)45)29-21(17-1-4-25(39)23(10-17)33(46)52)3-2-20(47-29)5-6-34(53)14-35(42,43)15-34/h1-4,7-8,10-11,22,24,26,32,53H,9,12-15H2,(H2,46,52)(H,48,51)/t22-,24+,26?/m0/s1. The molecule has 2 aromatic carbocycles. The molecule has 2 heterocycles. The molecule has 2 fully saturated rings. The lowest BCUT2D eigenvalue weighted by Gasteiger charge is -2.39. The molecule has 2 aromatic heterocycles. The van der Waals surface area contributed by atoms with Crippen LogP contribution in [0.2, 0.25) is 0 Å². The van der Waals surface area contributed by atoms with E-state index in [-0.39, 0.29) is 40.1 Å². The predicted molar refractivity (Wildman–Crippen MR) is 167 cm³/mol. The zero-order chi connectivity index (χ0) is 38.2. The highest BCUT2D eigenvalue weighted by Crippen LogP contribution is 2.68. The number of fused-ring (bicyclic) bond motifs is 3. The number of pyridine rings is 1. The number of nitrogens with zero attached hydrogens (tertiary/aromatic N) is 3. The van der Waals surface area contributed by atoms with Crippen molar-refractivity contribution in [1.29, 1.82) is 0 Å². The minimum atomic E-state index is -3.55. The highest BCUT2D eigenvalue weighted by Gasteiger charge is 2.67. The van der Waals surface area contributed by atoms with E-state index in [1.54, 1.807) is 0 Å². The first-order valence-electron chi connectivity index (χ1n) is 16.1. The van der Waals surface area contributed by atoms with Gasteiger partial charge in [-0.25, -0.2) is 35.7 Å². The molecule has 2 amide bonds. The predicted octanol–water partition coefficient (Wildman–Crippen LogP) is 6.22. The Morgan fingerprint density at radius 3 is 2.34 bits per heavy atom. The zero-order valence-electron chi connectivity index (χ0n) is 27.0. The molecule has 2 saturated carbocycles. The van der Waals surface area contributed by atoms with Gasteiger partial charge in [0.05, 0.1) is 30.1 Å². The summed E-state index contributed by atoms with van der Waals surface area (Å²) in [6, 6.07) is 6.84. The molecule has 4 aromatic rings. The Hall–Kier alpha value is -5.37. The maximum absolute atomic E-state index is 15.2. The van der Waals surface area contributed by atoms with Gasteiger partial charge < -0.3 is 16.2 Å². The summed E-state index contributed by atoms with van der Waals surface area (Å²) in [6.07, 6.45) is -5.56. The SMILES string of the molecule is NC(=O)c1cc(-c2ccc(C#CC3(O)CC(F)(F)C3)nc2C(Cc2cc(F)cc(F)c2)NC(=O)Cn2nc(C(F)F)c3c2C(F)(F)[C@@H]2C[C@H]32)ccc1F. The molecule has 8 nitrogen and oxygen atoms in total. The molecule has 3 atom stereocenters. The van der Waals surface area contributed by atoms with E-state index in [0.29, 0.717) is 10.7 Å². The third-order valence-corrected chi connectivity index (χ3v) is 9.48. The second-order valence-electron chi connectivity index (χ2n) is 13.5. The van der Waals surface area contributed by atoms with Gasteiger partial charge in [0.15, 0.2) is 0 Å². The first-order valence-corrected chi connectivity index (χ1v) is 16.1. The summed E-state index contributed by atoms with van der Waals surface area (Å²) >= 11 is 0. The summed E-state index contributed by atoms with van der Waals surface area (Å²) < 4.78 is 129. The third-order valence-electron chi connectivity index (χ3n) is 9.48. The molecule has 4 N–H and O–H groups in total. The van der Waals surface area contributed by atoms with Crippen molar-refractivity contribution in [1.82, 2.24) is 20.1 Å². The molecule has 3 aliphatic carbocycles. The summed E-state index contributed by atoms with van der Waals surface area (Å²) in [5, 5.41) is 16.6. The number of carbonyl (C=O) groups is 2. The van der Waals surface area contributed by atoms with Gasteiger partial charge in [0.1, 0.15) is 46.7 Å². The smallest absolute Gasteiger partial charge is 0.293 e. The lowest BCUT2D eigenvalue weighted by atomic mass is 9.77. The molecule has 3 aliphatic rings. The number of alkyl halides is 6. The van der Waals surface area contributed by atoms with Crippen LogP contribution in [0, 0.1) is 35.2 Å². The second kappa shape index (κ2) is 12.6. The van der Waals surface area contributed by atoms with Gasteiger partial charge in [-0.05, 0) is 72.2 Å². The summed E-state index contributed by atoms with van der Waals surface area (Å²) in [6.45, 7) is -0.990. The van der Waals surface area contributed by atoms with E-state index in [4.69, 9.17) is 5.73 Å². The van der Waals surface area contributed by atoms with Crippen LogP contribution in [-0.4, -0.2) is 43.2 Å². The monoisotopic (exact) mass is 747 g/mol. The molecule has 276 valence electrons. The molecule has 0 spiro atoms. The summed E-state index contributed by atoms with van der Waals surface area (Å²) in [5.74, 6) is -9.09. The van der Waals surface area contributed by atoms with E-state index in [1.165, 1.54) is 18.2 Å². The Bertz CT molecular complexity index is 2220. The number of nitrogens with one attached hydrogen (secondary N) is 1. The Balaban J connectivity index is 1.32. The summed E-state index contributed by atoms with van der Waals surface area (Å²) in [4.78, 5) is 30.1. The number of aromatic nitrogens is 3. The van der Waals surface area contributed by atoms with E-state index < -0.39 is 114 Å². The van der Waals surface area contributed by atoms with Crippen LogP contribution in [0.15, 0.2) is 48.5 Å². The van der Waals surface area contributed by atoms with Crippen molar-refractivity contribution in [3.05, 3.63) is 105 Å². The maximum Gasteiger partial charge on any atom is 0.293 e. The summed E-state index contributed by atoms with van der Waals surface area (Å²) in [5.41, 5.74) is 0.557. The number of carbonyl (C=O) groups excluding carboxylic acids is 2. The average Bonchev–Trinajstić information content (AvgIpc) is 3.70. The molecule has 1 unspecified atom stereocenters. The van der Waals surface area contributed by atoms with Crippen molar-refractivity contribution < 1.29 is 54.2 Å². The number of nitrogens with two attached hydrogens (primary N) is 1.